The zero-order valence-corrected chi connectivity index (χ0v) is 12.9. The van der Waals surface area contributed by atoms with Crippen molar-refractivity contribution in [3.05, 3.63) is 0 Å². The van der Waals surface area contributed by atoms with Gasteiger partial charge < -0.3 is 15.0 Å². The summed E-state index contributed by atoms with van der Waals surface area (Å²) in [5.74, 6) is 0. The molecular formula is C15H32N2O. The molecule has 1 aliphatic heterocycles. The van der Waals surface area contributed by atoms with Gasteiger partial charge in [0, 0.05) is 25.2 Å². The maximum absolute atomic E-state index is 6.11. The van der Waals surface area contributed by atoms with Crippen LogP contribution in [0.15, 0.2) is 0 Å². The zero-order chi connectivity index (χ0) is 13.5. The van der Waals surface area contributed by atoms with Crippen molar-refractivity contribution in [2.75, 3.05) is 20.1 Å². The van der Waals surface area contributed by atoms with Crippen LogP contribution in [0.2, 0.25) is 0 Å². The summed E-state index contributed by atoms with van der Waals surface area (Å²) < 4.78 is 6.11. The molecule has 0 amide bonds. The highest BCUT2D eigenvalue weighted by Gasteiger charge is 2.26. The summed E-state index contributed by atoms with van der Waals surface area (Å²) >= 11 is 0. The Labute approximate surface area is 113 Å². The Morgan fingerprint density at radius 1 is 1.22 bits per heavy atom. The first-order valence-corrected chi connectivity index (χ1v) is 7.62. The minimum atomic E-state index is 0.423. The Bertz CT molecular complexity index is 221. The average Bonchev–Trinajstić information content (AvgIpc) is 2.74. The van der Waals surface area contributed by atoms with Crippen LogP contribution in [0.5, 0.6) is 0 Å². The van der Waals surface area contributed by atoms with E-state index in [2.05, 4.69) is 45.0 Å². The highest BCUT2D eigenvalue weighted by Crippen LogP contribution is 2.21. The Morgan fingerprint density at radius 2 is 1.89 bits per heavy atom. The van der Waals surface area contributed by atoms with Gasteiger partial charge in [0.1, 0.15) is 0 Å². The van der Waals surface area contributed by atoms with E-state index >= 15 is 0 Å². The van der Waals surface area contributed by atoms with Crippen LogP contribution in [-0.2, 0) is 4.74 Å². The summed E-state index contributed by atoms with van der Waals surface area (Å²) in [5.41, 5.74) is 0. The van der Waals surface area contributed by atoms with E-state index in [0.717, 1.165) is 13.1 Å². The van der Waals surface area contributed by atoms with E-state index in [0.29, 0.717) is 24.3 Å². The molecule has 0 radical (unpaired) electrons. The number of nitrogens with one attached hydrogen (secondary N) is 1. The maximum atomic E-state index is 6.11. The van der Waals surface area contributed by atoms with E-state index in [4.69, 9.17) is 4.74 Å². The van der Waals surface area contributed by atoms with Gasteiger partial charge in [0.15, 0.2) is 0 Å². The van der Waals surface area contributed by atoms with Crippen molar-refractivity contribution in [2.24, 2.45) is 0 Å². The van der Waals surface area contributed by atoms with Crippen molar-refractivity contribution in [1.29, 1.82) is 0 Å². The number of hydrogen-bond acceptors (Lipinski definition) is 3. The second-order valence-electron chi connectivity index (χ2n) is 6.10. The van der Waals surface area contributed by atoms with Gasteiger partial charge in [-0.25, -0.2) is 0 Å². The molecule has 18 heavy (non-hydrogen) atoms. The van der Waals surface area contributed by atoms with E-state index in [1.165, 1.54) is 25.7 Å². The van der Waals surface area contributed by atoms with Crippen molar-refractivity contribution < 1.29 is 4.74 Å². The number of likely N-dealkylation sites (N-methyl/N-ethyl adjacent to an activating group) is 1. The molecule has 0 aromatic rings. The molecule has 1 heterocycles. The summed E-state index contributed by atoms with van der Waals surface area (Å²) in [6.45, 7) is 11.0. The molecule has 1 N–H and O–H groups in total. The first-order valence-electron chi connectivity index (χ1n) is 7.62. The molecule has 108 valence electrons. The zero-order valence-electron chi connectivity index (χ0n) is 12.9. The van der Waals surface area contributed by atoms with Gasteiger partial charge in [-0.3, -0.25) is 0 Å². The Kier molecular flexibility index (Phi) is 7.20. The van der Waals surface area contributed by atoms with Crippen LogP contribution in [0.25, 0.3) is 0 Å². The summed E-state index contributed by atoms with van der Waals surface area (Å²) in [6, 6.07) is 1.23. The second kappa shape index (κ2) is 8.13. The Morgan fingerprint density at radius 3 is 2.50 bits per heavy atom. The lowest BCUT2D eigenvalue weighted by Crippen LogP contribution is -2.37. The molecule has 0 aliphatic carbocycles. The topological polar surface area (TPSA) is 24.5 Å². The van der Waals surface area contributed by atoms with Crippen LogP contribution < -0.4 is 5.32 Å². The molecule has 3 atom stereocenters. The van der Waals surface area contributed by atoms with Gasteiger partial charge in [-0.1, -0.05) is 27.2 Å². The van der Waals surface area contributed by atoms with Crippen LogP contribution in [0.3, 0.4) is 0 Å². The smallest absolute Gasteiger partial charge is 0.0707 e. The fraction of sp³-hybridized carbons (Fsp3) is 1.00. The third-order valence-electron chi connectivity index (χ3n) is 3.90. The minimum Gasteiger partial charge on any atom is -0.372 e. The lowest BCUT2D eigenvalue weighted by atomic mass is 10.1. The van der Waals surface area contributed by atoms with Gasteiger partial charge in [-0.05, 0) is 33.2 Å². The molecule has 3 unspecified atom stereocenters. The highest BCUT2D eigenvalue weighted by molar-refractivity contribution is 4.79. The van der Waals surface area contributed by atoms with Crippen molar-refractivity contribution in [3.63, 3.8) is 0 Å². The predicted octanol–water partition coefficient (Wildman–Crippen LogP) is 2.65. The number of hydrogen-bond donors (Lipinski definition) is 1. The molecule has 0 aromatic heterocycles. The normalized spacial score (nSPS) is 26.2. The SMILES string of the molecule is CCCC(C)N(C)CC1CCC(CNC(C)C)O1. The predicted molar refractivity (Wildman–Crippen MR) is 78.0 cm³/mol. The van der Waals surface area contributed by atoms with Crippen LogP contribution >= 0.6 is 0 Å². The molecule has 1 rings (SSSR count). The number of ether oxygens (including phenoxy) is 1. The quantitative estimate of drug-likeness (QED) is 0.722. The third kappa shape index (κ3) is 5.68. The highest BCUT2D eigenvalue weighted by atomic mass is 16.5. The molecular weight excluding hydrogens is 224 g/mol. The molecule has 1 aliphatic rings. The van der Waals surface area contributed by atoms with Crippen molar-refractivity contribution in [3.8, 4) is 0 Å². The summed E-state index contributed by atoms with van der Waals surface area (Å²) in [4.78, 5) is 2.45. The Balaban J connectivity index is 2.21. The van der Waals surface area contributed by atoms with Gasteiger partial charge in [0.2, 0.25) is 0 Å². The molecule has 0 bridgehead atoms. The van der Waals surface area contributed by atoms with Crippen LogP contribution in [0, 0.1) is 0 Å². The van der Waals surface area contributed by atoms with Crippen LogP contribution in [-0.4, -0.2) is 49.3 Å². The van der Waals surface area contributed by atoms with Crippen molar-refractivity contribution in [1.82, 2.24) is 10.2 Å². The van der Waals surface area contributed by atoms with Crippen LogP contribution in [0.4, 0.5) is 0 Å². The van der Waals surface area contributed by atoms with E-state index in [9.17, 15) is 0 Å². The van der Waals surface area contributed by atoms with E-state index in [1.807, 2.05) is 0 Å². The third-order valence-corrected chi connectivity index (χ3v) is 3.90. The molecule has 3 heteroatoms. The first kappa shape index (κ1) is 15.9. The van der Waals surface area contributed by atoms with Gasteiger partial charge >= 0.3 is 0 Å². The fourth-order valence-electron chi connectivity index (χ4n) is 2.57. The largest absolute Gasteiger partial charge is 0.372 e. The molecule has 0 spiro atoms. The lowest BCUT2D eigenvalue weighted by Gasteiger charge is -2.27. The van der Waals surface area contributed by atoms with E-state index in [1.54, 1.807) is 0 Å². The van der Waals surface area contributed by atoms with Gasteiger partial charge in [-0.2, -0.15) is 0 Å². The summed E-state index contributed by atoms with van der Waals surface area (Å²) in [7, 11) is 2.23. The number of rotatable bonds is 8. The molecule has 0 aromatic carbocycles. The maximum Gasteiger partial charge on any atom is 0.0707 e. The number of nitrogens with zero attached hydrogens (tertiary/aromatic N) is 1. The molecule has 3 nitrogen and oxygen atoms in total. The monoisotopic (exact) mass is 256 g/mol. The molecule has 1 fully saturated rings. The second-order valence-corrected chi connectivity index (χ2v) is 6.10. The average molecular weight is 256 g/mol. The summed E-state index contributed by atoms with van der Waals surface area (Å²) in [6.07, 6.45) is 5.83. The van der Waals surface area contributed by atoms with E-state index in [-0.39, 0.29) is 0 Å². The fourth-order valence-corrected chi connectivity index (χ4v) is 2.57. The molecule has 1 saturated heterocycles. The van der Waals surface area contributed by atoms with Crippen LogP contribution in [0.1, 0.15) is 53.4 Å². The van der Waals surface area contributed by atoms with E-state index < -0.39 is 0 Å². The van der Waals surface area contributed by atoms with Crippen molar-refractivity contribution in [2.45, 2.75) is 77.7 Å². The lowest BCUT2D eigenvalue weighted by molar-refractivity contribution is 0.0205. The molecule has 0 saturated carbocycles. The minimum absolute atomic E-state index is 0.423. The Hall–Kier alpha value is -0.120. The van der Waals surface area contributed by atoms with Gasteiger partial charge in [0.05, 0.1) is 12.2 Å². The summed E-state index contributed by atoms with van der Waals surface area (Å²) in [5, 5.41) is 3.47. The first-order chi connectivity index (χ1) is 8.52. The standard InChI is InChI=1S/C15H32N2O/c1-6-7-13(4)17(5)11-15-9-8-14(18-15)10-16-12(2)3/h12-16H,6-11H2,1-5H3. The van der Waals surface area contributed by atoms with Gasteiger partial charge in [-0.15, -0.1) is 0 Å². The van der Waals surface area contributed by atoms with Crippen molar-refractivity contribution >= 4 is 0 Å². The van der Waals surface area contributed by atoms with Gasteiger partial charge in [0.25, 0.3) is 0 Å².